The van der Waals surface area contributed by atoms with E-state index in [4.69, 9.17) is 9.47 Å². The number of hydrogen-bond acceptors (Lipinski definition) is 5. The molecule has 7 nitrogen and oxygen atoms in total. The molecular formula is C19H18N2O5. The minimum Gasteiger partial charge on any atom is -0.493 e. The van der Waals surface area contributed by atoms with Crippen LogP contribution >= 0.6 is 0 Å². The molecule has 1 N–H and O–H groups in total. The Hall–Kier alpha value is -3.35. The molecule has 0 radical (unpaired) electrons. The summed E-state index contributed by atoms with van der Waals surface area (Å²) >= 11 is 0. The fourth-order valence-electron chi connectivity index (χ4n) is 2.79. The molecule has 0 saturated heterocycles. The molecule has 2 aromatic carbocycles. The number of ether oxygens (including phenoxy) is 2. The Morgan fingerprint density at radius 2 is 1.58 bits per heavy atom. The minimum atomic E-state index is -0.371. The second-order valence-electron chi connectivity index (χ2n) is 5.68. The number of imide groups is 1. The lowest BCUT2D eigenvalue weighted by Crippen LogP contribution is -2.32. The second-order valence-corrected chi connectivity index (χ2v) is 5.68. The Morgan fingerprint density at radius 3 is 2.15 bits per heavy atom. The maximum absolute atomic E-state index is 12.3. The van der Waals surface area contributed by atoms with Crippen molar-refractivity contribution in [3.8, 4) is 11.5 Å². The van der Waals surface area contributed by atoms with Crippen LogP contribution in [0.1, 0.15) is 27.1 Å². The number of carbonyl (C=O) groups is 3. The van der Waals surface area contributed by atoms with E-state index in [1.165, 1.54) is 14.2 Å². The van der Waals surface area contributed by atoms with Crippen LogP contribution in [-0.4, -0.2) is 43.4 Å². The first-order chi connectivity index (χ1) is 12.5. The zero-order valence-corrected chi connectivity index (χ0v) is 14.4. The number of rotatable bonds is 6. The monoisotopic (exact) mass is 354 g/mol. The highest BCUT2D eigenvalue weighted by atomic mass is 16.5. The van der Waals surface area contributed by atoms with E-state index in [2.05, 4.69) is 5.32 Å². The van der Waals surface area contributed by atoms with Crippen molar-refractivity contribution in [1.29, 1.82) is 0 Å². The van der Waals surface area contributed by atoms with Crippen molar-refractivity contribution < 1.29 is 23.9 Å². The number of methoxy groups -OCH3 is 2. The Labute approximate surface area is 150 Å². The van der Waals surface area contributed by atoms with Crippen molar-refractivity contribution in [3.05, 3.63) is 53.6 Å². The predicted octanol–water partition coefficient (Wildman–Crippen LogP) is 2.33. The topological polar surface area (TPSA) is 84.9 Å². The zero-order chi connectivity index (χ0) is 18.7. The average Bonchev–Trinajstić information content (AvgIpc) is 2.90. The maximum atomic E-state index is 12.3. The SMILES string of the molecule is COc1ccc(NC(=O)CCN2C(=O)c3ccccc3C2=O)cc1OC. The fourth-order valence-corrected chi connectivity index (χ4v) is 2.79. The van der Waals surface area contributed by atoms with Crippen LogP contribution in [0, 0.1) is 0 Å². The third kappa shape index (κ3) is 3.23. The molecule has 0 unspecified atom stereocenters. The number of nitrogens with one attached hydrogen (secondary N) is 1. The molecule has 0 aromatic heterocycles. The number of amides is 3. The smallest absolute Gasteiger partial charge is 0.261 e. The van der Waals surface area contributed by atoms with Crippen LogP contribution in [0.3, 0.4) is 0 Å². The number of carbonyl (C=O) groups excluding carboxylic acids is 3. The van der Waals surface area contributed by atoms with Gasteiger partial charge in [0, 0.05) is 24.7 Å². The number of benzene rings is 2. The first-order valence-corrected chi connectivity index (χ1v) is 8.02. The number of nitrogens with zero attached hydrogens (tertiary/aromatic N) is 1. The summed E-state index contributed by atoms with van der Waals surface area (Å²) in [5.74, 6) is -0.00928. The van der Waals surface area contributed by atoms with E-state index in [1.54, 1.807) is 42.5 Å². The molecule has 7 heteroatoms. The van der Waals surface area contributed by atoms with Crippen LogP contribution in [-0.2, 0) is 4.79 Å². The summed E-state index contributed by atoms with van der Waals surface area (Å²) in [7, 11) is 3.03. The molecule has 26 heavy (non-hydrogen) atoms. The van der Waals surface area contributed by atoms with E-state index in [9.17, 15) is 14.4 Å². The summed E-state index contributed by atoms with van der Waals surface area (Å²) in [4.78, 5) is 37.8. The average molecular weight is 354 g/mol. The summed E-state index contributed by atoms with van der Waals surface area (Å²) < 4.78 is 10.3. The Kier molecular flexibility index (Phi) is 4.88. The number of anilines is 1. The number of hydrogen-bond donors (Lipinski definition) is 1. The summed E-state index contributed by atoms with van der Waals surface area (Å²) in [5.41, 5.74) is 1.28. The van der Waals surface area contributed by atoms with Gasteiger partial charge in [0.1, 0.15) is 0 Å². The van der Waals surface area contributed by atoms with Crippen molar-refractivity contribution in [2.75, 3.05) is 26.1 Å². The third-order valence-electron chi connectivity index (χ3n) is 4.11. The standard InChI is InChI=1S/C19H18N2O5/c1-25-15-8-7-12(11-16(15)26-2)20-17(22)9-10-21-18(23)13-5-3-4-6-14(13)19(21)24/h3-8,11H,9-10H2,1-2H3,(H,20,22). The van der Waals surface area contributed by atoms with E-state index >= 15 is 0 Å². The lowest BCUT2D eigenvalue weighted by Gasteiger charge is -2.14. The van der Waals surface area contributed by atoms with E-state index in [0.29, 0.717) is 28.3 Å². The van der Waals surface area contributed by atoms with Gasteiger partial charge in [-0.3, -0.25) is 19.3 Å². The lowest BCUT2D eigenvalue weighted by molar-refractivity contribution is -0.116. The lowest BCUT2D eigenvalue weighted by atomic mass is 10.1. The summed E-state index contributed by atoms with van der Waals surface area (Å²) in [6.45, 7) is 0.0193. The first-order valence-electron chi connectivity index (χ1n) is 8.02. The molecule has 0 aliphatic carbocycles. The molecule has 0 bridgehead atoms. The van der Waals surface area contributed by atoms with Crippen LogP contribution in [0.25, 0.3) is 0 Å². The summed E-state index contributed by atoms with van der Waals surface area (Å²) in [6.07, 6.45) is -0.000185. The van der Waals surface area contributed by atoms with Crippen LogP contribution < -0.4 is 14.8 Å². The molecule has 0 saturated carbocycles. The van der Waals surface area contributed by atoms with E-state index in [0.717, 1.165) is 4.90 Å². The molecule has 1 aliphatic heterocycles. The van der Waals surface area contributed by atoms with Gasteiger partial charge in [0.2, 0.25) is 5.91 Å². The van der Waals surface area contributed by atoms with Gasteiger partial charge < -0.3 is 14.8 Å². The molecule has 0 spiro atoms. The van der Waals surface area contributed by atoms with Gasteiger partial charge in [-0.05, 0) is 24.3 Å². The molecule has 3 amide bonds. The van der Waals surface area contributed by atoms with Crippen LogP contribution in [0.4, 0.5) is 5.69 Å². The molecule has 1 aliphatic rings. The molecule has 0 fully saturated rings. The summed E-state index contributed by atoms with van der Waals surface area (Å²) in [5, 5.41) is 2.72. The Balaban J connectivity index is 1.62. The largest absolute Gasteiger partial charge is 0.493 e. The van der Waals surface area contributed by atoms with Crippen molar-refractivity contribution in [2.45, 2.75) is 6.42 Å². The third-order valence-corrected chi connectivity index (χ3v) is 4.11. The molecular weight excluding hydrogens is 336 g/mol. The Bertz CT molecular complexity index is 843. The molecule has 2 aromatic rings. The highest BCUT2D eigenvalue weighted by Crippen LogP contribution is 2.29. The first kappa shape index (κ1) is 17.5. The van der Waals surface area contributed by atoms with Crippen molar-refractivity contribution >= 4 is 23.4 Å². The zero-order valence-electron chi connectivity index (χ0n) is 14.4. The number of fused-ring (bicyclic) bond motifs is 1. The van der Waals surface area contributed by atoms with Crippen LogP contribution in [0.15, 0.2) is 42.5 Å². The molecule has 0 atom stereocenters. The van der Waals surface area contributed by atoms with Gasteiger partial charge in [-0.15, -0.1) is 0 Å². The van der Waals surface area contributed by atoms with Gasteiger partial charge in [0.15, 0.2) is 11.5 Å². The Morgan fingerprint density at radius 1 is 0.962 bits per heavy atom. The molecule has 3 rings (SSSR count). The highest BCUT2D eigenvalue weighted by molar-refractivity contribution is 6.21. The van der Waals surface area contributed by atoms with Gasteiger partial charge in [-0.25, -0.2) is 0 Å². The summed E-state index contributed by atoms with van der Waals surface area (Å²) in [6, 6.07) is 11.6. The second kappa shape index (κ2) is 7.26. The van der Waals surface area contributed by atoms with Crippen LogP contribution in [0.2, 0.25) is 0 Å². The van der Waals surface area contributed by atoms with E-state index in [1.807, 2.05) is 0 Å². The molecule has 134 valence electrons. The van der Waals surface area contributed by atoms with Gasteiger partial charge in [0.05, 0.1) is 25.3 Å². The maximum Gasteiger partial charge on any atom is 0.261 e. The van der Waals surface area contributed by atoms with Crippen LogP contribution in [0.5, 0.6) is 11.5 Å². The van der Waals surface area contributed by atoms with Gasteiger partial charge in [-0.2, -0.15) is 0 Å². The van der Waals surface area contributed by atoms with Crippen molar-refractivity contribution in [1.82, 2.24) is 4.90 Å². The fraction of sp³-hybridized carbons (Fsp3) is 0.211. The quantitative estimate of drug-likeness (QED) is 0.805. The molecule has 1 heterocycles. The predicted molar refractivity (Wildman–Crippen MR) is 94.6 cm³/mol. The van der Waals surface area contributed by atoms with Crippen molar-refractivity contribution in [2.24, 2.45) is 0 Å². The highest BCUT2D eigenvalue weighted by Gasteiger charge is 2.34. The minimum absolute atomic E-state index is 0.000185. The normalized spacial score (nSPS) is 12.8. The van der Waals surface area contributed by atoms with Crippen molar-refractivity contribution in [3.63, 3.8) is 0 Å². The van der Waals surface area contributed by atoms with E-state index in [-0.39, 0.29) is 30.7 Å². The van der Waals surface area contributed by atoms with Gasteiger partial charge in [0.25, 0.3) is 11.8 Å². The van der Waals surface area contributed by atoms with E-state index < -0.39 is 0 Å². The van der Waals surface area contributed by atoms with Gasteiger partial charge in [-0.1, -0.05) is 12.1 Å². The van der Waals surface area contributed by atoms with Gasteiger partial charge >= 0.3 is 0 Å².